The van der Waals surface area contributed by atoms with Gasteiger partial charge in [0.15, 0.2) is 0 Å². The molecule has 0 heterocycles. The molecule has 0 saturated carbocycles. The zero-order valence-electron chi connectivity index (χ0n) is 19.0. The van der Waals surface area contributed by atoms with Crippen molar-refractivity contribution >= 4 is 8.80 Å². The summed E-state index contributed by atoms with van der Waals surface area (Å²) in [6.45, 7) is 20.1. The van der Waals surface area contributed by atoms with E-state index in [1.807, 2.05) is 20.8 Å². The second-order valence-electron chi connectivity index (χ2n) is 6.93. The van der Waals surface area contributed by atoms with Crippen LogP contribution in [0.3, 0.4) is 0 Å². The van der Waals surface area contributed by atoms with Crippen LogP contribution in [0.2, 0.25) is 6.04 Å². The Morgan fingerprint density at radius 1 is 0.741 bits per heavy atom. The predicted molar refractivity (Wildman–Crippen MR) is 117 cm³/mol. The summed E-state index contributed by atoms with van der Waals surface area (Å²) in [6, 6.07) is 0.870. The lowest BCUT2D eigenvalue weighted by Crippen LogP contribution is -2.48. The van der Waals surface area contributed by atoms with Crippen LogP contribution in [-0.4, -0.2) is 91.3 Å². The molecule has 6 nitrogen and oxygen atoms in total. The SMILES string of the molecule is CCCNCCCN(CCCN(C)CC)CC[Si](OCC)(OCC)OCC. The number of rotatable bonds is 20. The number of hydrogen-bond acceptors (Lipinski definition) is 6. The largest absolute Gasteiger partial charge is 0.502 e. The summed E-state index contributed by atoms with van der Waals surface area (Å²) in [7, 11) is -0.363. The molecule has 164 valence electrons. The lowest BCUT2D eigenvalue weighted by Gasteiger charge is -2.31. The van der Waals surface area contributed by atoms with Crippen LogP contribution < -0.4 is 5.32 Å². The molecule has 7 heteroatoms. The first-order valence-corrected chi connectivity index (χ1v) is 13.0. The van der Waals surface area contributed by atoms with Gasteiger partial charge in [0.25, 0.3) is 0 Å². The molecule has 0 rings (SSSR count). The van der Waals surface area contributed by atoms with Crippen LogP contribution in [0.15, 0.2) is 0 Å². The van der Waals surface area contributed by atoms with Gasteiger partial charge in [0, 0.05) is 32.4 Å². The molecule has 0 aromatic rings. The van der Waals surface area contributed by atoms with Gasteiger partial charge in [0.2, 0.25) is 0 Å². The lowest BCUT2D eigenvalue weighted by molar-refractivity contribution is 0.0678. The van der Waals surface area contributed by atoms with Crippen molar-refractivity contribution in [3.63, 3.8) is 0 Å². The van der Waals surface area contributed by atoms with E-state index in [-0.39, 0.29) is 0 Å². The zero-order chi connectivity index (χ0) is 20.4. The van der Waals surface area contributed by atoms with Crippen molar-refractivity contribution in [1.29, 1.82) is 0 Å². The molecule has 0 unspecified atom stereocenters. The van der Waals surface area contributed by atoms with Crippen LogP contribution >= 0.6 is 0 Å². The molecule has 0 aliphatic heterocycles. The Kier molecular flexibility index (Phi) is 18.0. The molecule has 0 bridgehead atoms. The fourth-order valence-corrected chi connectivity index (χ4v) is 5.68. The molecular weight excluding hydrogens is 358 g/mol. The summed E-state index contributed by atoms with van der Waals surface area (Å²) in [5.74, 6) is 0. The molecule has 0 amide bonds. The van der Waals surface area contributed by atoms with E-state index >= 15 is 0 Å². The molecule has 0 atom stereocenters. The summed E-state index contributed by atoms with van der Waals surface area (Å²) < 4.78 is 18.1. The molecule has 0 aliphatic carbocycles. The molecule has 0 saturated heterocycles. The maximum atomic E-state index is 6.03. The van der Waals surface area contributed by atoms with Gasteiger partial charge in [0.1, 0.15) is 0 Å². The van der Waals surface area contributed by atoms with E-state index < -0.39 is 8.80 Å². The minimum absolute atomic E-state index is 0.647. The van der Waals surface area contributed by atoms with E-state index in [1.54, 1.807) is 0 Å². The highest BCUT2D eigenvalue weighted by molar-refractivity contribution is 6.60. The van der Waals surface area contributed by atoms with E-state index in [0.29, 0.717) is 19.8 Å². The molecular formula is C20H47N3O3Si. The average Bonchev–Trinajstić information content (AvgIpc) is 2.65. The maximum Gasteiger partial charge on any atom is 0.502 e. The van der Waals surface area contributed by atoms with E-state index in [9.17, 15) is 0 Å². The standard InChI is InChI=1S/C20H47N3O3Si/c1-7-14-21-15-12-17-23(18-13-16-22(6)8-2)19-20-27(24-9-3,25-10-4)26-11-5/h21H,7-20H2,1-6H3. The highest BCUT2D eigenvalue weighted by atomic mass is 28.4. The highest BCUT2D eigenvalue weighted by Crippen LogP contribution is 2.17. The Morgan fingerprint density at radius 2 is 1.33 bits per heavy atom. The molecule has 0 fully saturated rings. The maximum absolute atomic E-state index is 6.03. The monoisotopic (exact) mass is 405 g/mol. The van der Waals surface area contributed by atoms with Crippen LogP contribution in [0, 0.1) is 0 Å². The van der Waals surface area contributed by atoms with Gasteiger partial charge in [-0.3, -0.25) is 0 Å². The first-order chi connectivity index (χ1) is 13.1. The first-order valence-electron chi connectivity index (χ1n) is 11.1. The summed E-state index contributed by atoms with van der Waals surface area (Å²) in [5.41, 5.74) is 0. The quantitative estimate of drug-likeness (QED) is 0.248. The van der Waals surface area contributed by atoms with E-state index in [0.717, 1.165) is 51.9 Å². The van der Waals surface area contributed by atoms with Crippen LogP contribution in [0.4, 0.5) is 0 Å². The average molecular weight is 406 g/mol. The van der Waals surface area contributed by atoms with E-state index in [2.05, 4.69) is 36.0 Å². The van der Waals surface area contributed by atoms with Crippen LogP contribution in [0.5, 0.6) is 0 Å². The van der Waals surface area contributed by atoms with Crippen LogP contribution in [0.1, 0.15) is 53.9 Å². The third kappa shape index (κ3) is 13.7. The van der Waals surface area contributed by atoms with E-state index in [1.165, 1.54) is 19.3 Å². The Morgan fingerprint density at radius 3 is 1.85 bits per heavy atom. The topological polar surface area (TPSA) is 46.2 Å². The number of hydrogen-bond donors (Lipinski definition) is 1. The summed E-state index contributed by atoms with van der Waals surface area (Å²) in [5, 5.41) is 3.51. The van der Waals surface area contributed by atoms with Gasteiger partial charge in [-0.15, -0.1) is 0 Å². The number of nitrogens with one attached hydrogen (secondary N) is 1. The summed E-state index contributed by atoms with van der Waals surface area (Å²) in [4.78, 5) is 4.94. The molecule has 0 aromatic heterocycles. The van der Waals surface area contributed by atoms with Crippen LogP contribution in [-0.2, 0) is 13.3 Å². The molecule has 0 aromatic carbocycles. The first kappa shape index (κ1) is 27.0. The number of nitrogens with zero attached hydrogens (tertiary/aromatic N) is 2. The smallest absolute Gasteiger partial charge is 0.374 e. The second kappa shape index (κ2) is 18.0. The van der Waals surface area contributed by atoms with Crippen molar-refractivity contribution in [2.45, 2.75) is 59.9 Å². The van der Waals surface area contributed by atoms with Crippen molar-refractivity contribution in [3.05, 3.63) is 0 Å². The Hall–Kier alpha value is -0.0231. The van der Waals surface area contributed by atoms with Crippen molar-refractivity contribution < 1.29 is 13.3 Å². The fraction of sp³-hybridized carbons (Fsp3) is 1.00. The van der Waals surface area contributed by atoms with Crippen molar-refractivity contribution in [2.24, 2.45) is 0 Å². The van der Waals surface area contributed by atoms with Gasteiger partial charge in [0.05, 0.1) is 0 Å². The Bertz CT molecular complexity index is 308. The van der Waals surface area contributed by atoms with Gasteiger partial charge < -0.3 is 28.4 Å². The van der Waals surface area contributed by atoms with Gasteiger partial charge in [-0.1, -0.05) is 13.8 Å². The lowest BCUT2D eigenvalue weighted by atomic mass is 10.3. The van der Waals surface area contributed by atoms with Crippen molar-refractivity contribution in [2.75, 3.05) is 72.7 Å². The van der Waals surface area contributed by atoms with Gasteiger partial charge >= 0.3 is 8.80 Å². The highest BCUT2D eigenvalue weighted by Gasteiger charge is 2.40. The fourth-order valence-electron chi connectivity index (χ4n) is 3.08. The summed E-state index contributed by atoms with van der Waals surface area (Å²) >= 11 is 0. The van der Waals surface area contributed by atoms with Gasteiger partial charge in [-0.05, 0) is 86.3 Å². The molecule has 1 N–H and O–H groups in total. The Balaban J connectivity index is 4.64. The molecule has 0 aliphatic rings. The third-order valence-electron chi connectivity index (χ3n) is 4.64. The van der Waals surface area contributed by atoms with Crippen molar-refractivity contribution in [1.82, 2.24) is 15.1 Å². The van der Waals surface area contributed by atoms with Gasteiger partial charge in [-0.2, -0.15) is 0 Å². The predicted octanol–water partition coefficient (Wildman–Crippen LogP) is 3.07. The second-order valence-corrected chi connectivity index (χ2v) is 9.66. The van der Waals surface area contributed by atoms with Crippen molar-refractivity contribution in [3.8, 4) is 0 Å². The molecule has 0 spiro atoms. The van der Waals surface area contributed by atoms with Gasteiger partial charge in [-0.25, -0.2) is 0 Å². The van der Waals surface area contributed by atoms with E-state index in [4.69, 9.17) is 13.3 Å². The zero-order valence-corrected chi connectivity index (χ0v) is 20.0. The summed E-state index contributed by atoms with van der Waals surface area (Å²) in [6.07, 6.45) is 3.56. The Labute approximate surface area is 170 Å². The third-order valence-corrected chi connectivity index (χ3v) is 7.66. The minimum atomic E-state index is -2.55. The molecule has 27 heavy (non-hydrogen) atoms. The van der Waals surface area contributed by atoms with Crippen LogP contribution in [0.25, 0.3) is 0 Å². The minimum Gasteiger partial charge on any atom is -0.374 e. The molecule has 0 radical (unpaired) electrons. The normalized spacial score (nSPS) is 12.4.